The quantitative estimate of drug-likeness (QED) is 0.304. The van der Waals surface area contributed by atoms with Gasteiger partial charge in [-0.25, -0.2) is 4.99 Å². The second-order valence-electron chi connectivity index (χ2n) is 6.64. The fraction of sp³-hybridized carbons (Fsp3) is 0.476. The van der Waals surface area contributed by atoms with Gasteiger partial charge in [-0.15, -0.1) is 11.3 Å². The highest BCUT2D eigenvalue weighted by atomic mass is 32.1. The van der Waals surface area contributed by atoms with Gasteiger partial charge in [0.15, 0.2) is 5.96 Å². The number of aliphatic imine (C=N–C) groups is 1. The van der Waals surface area contributed by atoms with Crippen molar-refractivity contribution in [3.05, 3.63) is 52.2 Å². The molecule has 0 aliphatic carbocycles. The Hall–Kier alpha value is -2.09. The number of ether oxygens (including phenoxy) is 2. The molecule has 0 amide bonds. The van der Waals surface area contributed by atoms with Crippen molar-refractivity contribution in [1.29, 1.82) is 0 Å². The molecule has 0 aliphatic rings. The van der Waals surface area contributed by atoms with Crippen molar-refractivity contribution in [2.45, 2.75) is 32.4 Å². The Balaban J connectivity index is 1.92. The van der Waals surface area contributed by atoms with Crippen molar-refractivity contribution >= 4 is 17.3 Å². The van der Waals surface area contributed by atoms with Crippen molar-refractivity contribution < 1.29 is 14.6 Å². The molecule has 0 saturated carbocycles. The molecule has 6 nitrogen and oxygen atoms in total. The molecule has 0 bridgehead atoms. The summed E-state index contributed by atoms with van der Waals surface area (Å²) in [6.07, 6.45) is 0.859. The van der Waals surface area contributed by atoms with Gasteiger partial charge in [-0.05, 0) is 43.0 Å². The number of hydrogen-bond donors (Lipinski definition) is 3. The number of thiophene rings is 1. The van der Waals surface area contributed by atoms with Crippen LogP contribution in [-0.2, 0) is 16.9 Å². The molecule has 1 aromatic carbocycles. The number of nitrogens with one attached hydrogen (secondary N) is 2. The summed E-state index contributed by atoms with van der Waals surface area (Å²) < 4.78 is 10.8. The van der Waals surface area contributed by atoms with Crippen molar-refractivity contribution in [2.24, 2.45) is 4.99 Å². The molecule has 0 saturated heterocycles. The van der Waals surface area contributed by atoms with Gasteiger partial charge in [-0.2, -0.15) is 0 Å². The number of guanidine groups is 1. The summed E-state index contributed by atoms with van der Waals surface area (Å²) in [6, 6.07) is 11.8. The molecule has 1 aromatic heterocycles. The van der Waals surface area contributed by atoms with Gasteiger partial charge >= 0.3 is 0 Å². The zero-order valence-corrected chi connectivity index (χ0v) is 17.7. The van der Waals surface area contributed by atoms with Crippen molar-refractivity contribution in [2.75, 3.05) is 33.4 Å². The topological polar surface area (TPSA) is 75.1 Å². The maximum atomic E-state index is 10.7. The summed E-state index contributed by atoms with van der Waals surface area (Å²) in [5, 5.41) is 19.1. The minimum Gasteiger partial charge on any atom is -0.493 e. The molecule has 0 radical (unpaired) electrons. The lowest BCUT2D eigenvalue weighted by atomic mass is 10.1. The predicted molar refractivity (Wildman–Crippen MR) is 115 cm³/mol. The largest absolute Gasteiger partial charge is 0.493 e. The summed E-state index contributed by atoms with van der Waals surface area (Å²) in [7, 11) is 1.69. The first-order valence-electron chi connectivity index (χ1n) is 9.54. The second-order valence-corrected chi connectivity index (χ2v) is 7.59. The molecule has 2 aromatic rings. The van der Waals surface area contributed by atoms with Crippen LogP contribution >= 0.6 is 11.3 Å². The Labute approximate surface area is 171 Å². The smallest absolute Gasteiger partial charge is 0.191 e. The normalized spacial score (nSPS) is 13.8. The van der Waals surface area contributed by atoms with Gasteiger partial charge in [0.05, 0.1) is 19.7 Å². The highest BCUT2D eigenvalue weighted by Gasteiger charge is 2.24. The van der Waals surface area contributed by atoms with Crippen LogP contribution in [0.25, 0.3) is 0 Å². The molecular formula is C21H31N3O3S. The lowest BCUT2D eigenvalue weighted by Gasteiger charge is -2.23. The molecule has 7 heteroatoms. The maximum Gasteiger partial charge on any atom is 0.191 e. The van der Waals surface area contributed by atoms with Crippen LogP contribution in [0.2, 0.25) is 0 Å². The van der Waals surface area contributed by atoms with Gasteiger partial charge in [-0.1, -0.05) is 18.2 Å². The summed E-state index contributed by atoms with van der Waals surface area (Å²) in [6.45, 7) is 6.78. The van der Waals surface area contributed by atoms with Crippen LogP contribution in [0.15, 0.2) is 46.8 Å². The standard InChI is InChI=1S/C21H31N3O3S/c1-4-22-20(24-16-21(2,25)19-10-6-13-28-19)23-15-17-8-5-9-18(14-17)27-12-7-11-26-3/h5-6,8-10,13-14,25H,4,7,11-12,15-16H2,1-3H3,(H2,22,23,24). The van der Waals surface area contributed by atoms with E-state index in [0.717, 1.165) is 29.2 Å². The zero-order chi connectivity index (χ0) is 20.2. The summed E-state index contributed by atoms with van der Waals surface area (Å²) in [4.78, 5) is 5.56. The van der Waals surface area contributed by atoms with Crippen LogP contribution in [0, 0.1) is 0 Å². The van der Waals surface area contributed by atoms with E-state index in [1.807, 2.05) is 48.7 Å². The summed E-state index contributed by atoms with van der Waals surface area (Å²) in [5.41, 5.74) is 0.117. The Morgan fingerprint density at radius 1 is 1.21 bits per heavy atom. The molecule has 0 spiro atoms. The first kappa shape index (κ1) is 22.2. The molecule has 154 valence electrons. The molecule has 2 rings (SSSR count). The fourth-order valence-electron chi connectivity index (χ4n) is 2.57. The zero-order valence-electron chi connectivity index (χ0n) is 16.9. The molecule has 1 atom stereocenters. The van der Waals surface area contributed by atoms with Crippen molar-refractivity contribution in [1.82, 2.24) is 10.6 Å². The van der Waals surface area contributed by atoms with E-state index >= 15 is 0 Å². The van der Waals surface area contributed by atoms with E-state index in [-0.39, 0.29) is 0 Å². The molecule has 3 N–H and O–H groups in total. The minimum absolute atomic E-state index is 0.377. The SMILES string of the molecule is CCNC(=NCc1cccc(OCCCOC)c1)NCC(C)(O)c1cccs1. The number of methoxy groups -OCH3 is 1. The predicted octanol–water partition coefficient (Wildman–Crippen LogP) is 3.13. The third kappa shape index (κ3) is 7.50. The van der Waals surface area contributed by atoms with Crippen LogP contribution < -0.4 is 15.4 Å². The Morgan fingerprint density at radius 2 is 2.07 bits per heavy atom. The maximum absolute atomic E-state index is 10.7. The van der Waals surface area contributed by atoms with Gasteiger partial charge in [0, 0.05) is 31.6 Å². The molecule has 1 unspecified atom stereocenters. The monoisotopic (exact) mass is 405 g/mol. The number of aliphatic hydroxyl groups is 1. The average molecular weight is 406 g/mol. The van der Waals surface area contributed by atoms with E-state index in [4.69, 9.17) is 9.47 Å². The van der Waals surface area contributed by atoms with Crippen LogP contribution in [0.5, 0.6) is 5.75 Å². The van der Waals surface area contributed by atoms with Crippen LogP contribution in [0.1, 0.15) is 30.7 Å². The van der Waals surface area contributed by atoms with Crippen molar-refractivity contribution in [3.8, 4) is 5.75 Å². The van der Waals surface area contributed by atoms with E-state index in [0.29, 0.717) is 32.3 Å². The van der Waals surface area contributed by atoms with Gasteiger partial charge in [0.25, 0.3) is 0 Å². The van der Waals surface area contributed by atoms with E-state index < -0.39 is 5.60 Å². The Morgan fingerprint density at radius 3 is 2.79 bits per heavy atom. The highest BCUT2D eigenvalue weighted by molar-refractivity contribution is 7.10. The highest BCUT2D eigenvalue weighted by Crippen LogP contribution is 2.24. The first-order chi connectivity index (χ1) is 13.5. The Kier molecular flexibility index (Phi) is 9.27. The number of benzene rings is 1. The van der Waals surface area contributed by atoms with E-state index in [2.05, 4.69) is 15.6 Å². The van der Waals surface area contributed by atoms with Gasteiger partial charge in [0.1, 0.15) is 11.4 Å². The number of nitrogens with zero attached hydrogens (tertiary/aromatic N) is 1. The van der Waals surface area contributed by atoms with Crippen LogP contribution in [-0.4, -0.2) is 44.5 Å². The van der Waals surface area contributed by atoms with Gasteiger partial charge < -0.3 is 25.2 Å². The lowest BCUT2D eigenvalue weighted by molar-refractivity contribution is 0.0655. The molecule has 1 heterocycles. The van der Waals surface area contributed by atoms with Gasteiger partial charge in [-0.3, -0.25) is 0 Å². The van der Waals surface area contributed by atoms with Gasteiger partial charge in [0.2, 0.25) is 0 Å². The third-order valence-corrected chi connectivity index (χ3v) is 5.20. The van der Waals surface area contributed by atoms with Crippen LogP contribution in [0.3, 0.4) is 0 Å². The number of hydrogen-bond acceptors (Lipinski definition) is 5. The lowest BCUT2D eigenvalue weighted by Crippen LogP contribution is -2.44. The molecular weight excluding hydrogens is 374 g/mol. The average Bonchev–Trinajstić information content (AvgIpc) is 3.24. The molecule has 0 fully saturated rings. The summed E-state index contributed by atoms with van der Waals surface area (Å²) >= 11 is 1.54. The first-order valence-corrected chi connectivity index (χ1v) is 10.4. The molecule has 0 aliphatic heterocycles. The fourth-order valence-corrected chi connectivity index (χ4v) is 3.35. The minimum atomic E-state index is -0.944. The second kappa shape index (κ2) is 11.7. The van der Waals surface area contributed by atoms with Crippen LogP contribution in [0.4, 0.5) is 0 Å². The number of rotatable bonds is 11. The van der Waals surface area contributed by atoms with Crippen molar-refractivity contribution in [3.63, 3.8) is 0 Å². The third-order valence-electron chi connectivity index (χ3n) is 4.08. The Bertz CT molecular complexity index is 717. The molecule has 28 heavy (non-hydrogen) atoms. The van der Waals surface area contributed by atoms with E-state index in [9.17, 15) is 5.11 Å². The van der Waals surface area contributed by atoms with E-state index in [1.165, 1.54) is 0 Å². The summed E-state index contributed by atoms with van der Waals surface area (Å²) in [5.74, 6) is 1.51. The van der Waals surface area contributed by atoms with E-state index in [1.54, 1.807) is 25.4 Å².